The fourth-order valence-corrected chi connectivity index (χ4v) is 8.56. The van der Waals surface area contributed by atoms with Crippen LogP contribution in [0.4, 0.5) is 0 Å². The minimum absolute atomic E-state index is 0.0386. The molecule has 2 fully saturated rings. The van der Waals surface area contributed by atoms with Gasteiger partial charge in [-0.25, -0.2) is 0 Å². The van der Waals surface area contributed by atoms with Gasteiger partial charge in [0.1, 0.15) is 0 Å². The Morgan fingerprint density at radius 3 is 2.18 bits per heavy atom. The second kappa shape index (κ2) is 9.46. The van der Waals surface area contributed by atoms with E-state index in [-0.39, 0.29) is 51.0 Å². The van der Waals surface area contributed by atoms with Crippen molar-refractivity contribution in [3.63, 3.8) is 0 Å². The van der Waals surface area contributed by atoms with Crippen molar-refractivity contribution in [1.82, 2.24) is 0 Å². The summed E-state index contributed by atoms with van der Waals surface area (Å²) in [6, 6.07) is 0. The summed E-state index contributed by atoms with van der Waals surface area (Å²) in [6.45, 7) is 5.61. The van der Waals surface area contributed by atoms with E-state index in [1.54, 1.807) is 5.57 Å². The molecule has 2 aliphatic heterocycles. The first-order chi connectivity index (χ1) is 10.7. The summed E-state index contributed by atoms with van der Waals surface area (Å²) in [6.07, 6.45) is 6.39. The topological polar surface area (TPSA) is 36.9 Å². The summed E-state index contributed by atoms with van der Waals surface area (Å²) in [7, 11) is 0. The van der Waals surface area contributed by atoms with Crippen molar-refractivity contribution < 1.29 is 61.4 Å². The van der Waals surface area contributed by atoms with Gasteiger partial charge in [-0.3, -0.25) is 0 Å². The van der Waals surface area contributed by atoms with E-state index < -0.39 is 0 Å². The number of hydrogen-bond donors (Lipinski definition) is 0. The van der Waals surface area contributed by atoms with Crippen molar-refractivity contribution in [2.75, 3.05) is 26.4 Å². The summed E-state index contributed by atoms with van der Waals surface area (Å²) in [5, 5.41) is 0. The molecular weight excluding hydrogens is 625 g/mol. The summed E-state index contributed by atoms with van der Waals surface area (Å²) >= 11 is 2.17. The van der Waals surface area contributed by atoms with Crippen LogP contribution in [0.15, 0.2) is 11.6 Å². The molecule has 22 heavy (non-hydrogen) atoms. The standard InChI is InChI=1S/C15H23I3O4/c1-10-2-4-12(5-3-10)17-13-8-21-15(22-9-13)18-14-19-6-11(16)7-20-14/h2,11-15H,3-9H2,1H3/q-2. The average molecular weight is 648 g/mol. The van der Waals surface area contributed by atoms with Gasteiger partial charge in [-0.15, -0.1) is 0 Å². The molecule has 0 saturated carbocycles. The Balaban J connectivity index is 1.34. The third kappa shape index (κ3) is 5.94. The fourth-order valence-electron chi connectivity index (χ4n) is 2.51. The molecule has 3 aliphatic rings. The summed E-state index contributed by atoms with van der Waals surface area (Å²) in [5.41, 5.74) is 1.57. The van der Waals surface area contributed by atoms with Gasteiger partial charge in [0.25, 0.3) is 0 Å². The van der Waals surface area contributed by atoms with Crippen molar-refractivity contribution in [2.45, 2.75) is 46.6 Å². The van der Waals surface area contributed by atoms with Crippen LogP contribution in [-0.4, -0.2) is 46.8 Å². The van der Waals surface area contributed by atoms with E-state index >= 15 is 0 Å². The maximum absolute atomic E-state index is 5.96. The quantitative estimate of drug-likeness (QED) is 0.181. The molecule has 0 bridgehead atoms. The molecule has 2 heterocycles. The third-order valence-corrected chi connectivity index (χ3v) is 11.0. The Morgan fingerprint density at radius 2 is 1.59 bits per heavy atom. The molecule has 0 aromatic carbocycles. The van der Waals surface area contributed by atoms with Gasteiger partial charge in [0.15, 0.2) is 0 Å². The molecule has 0 spiro atoms. The van der Waals surface area contributed by atoms with Crippen molar-refractivity contribution >= 4 is 22.6 Å². The molecule has 1 aliphatic carbocycles. The van der Waals surface area contributed by atoms with Crippen molar-refractivity contribution in [3.05, 3.63) is 11.6 Å². The Bertz CT molecular complexity index is 377. The molecule has 0 radical (unpaired) electrons. The molecule has 1 unspecified atom stereocenters. The first-order valence-electron chi connectivity index (χ1n) is 7.69. The number of halogens is 3. The van der Waals surface area contributed by atoms with E-state index in [0.717, 1.165) is 30.4 Å². The van der Waals surface area contributed by atoms with E-state index in [4.69, 9.17) is 18.9 Å². The number of hydrogen-bond acceptors (Lipinski definition) is 4. The normalized spacial score (nSPS) is 40.6. The number of allylic oxidation sites excluding steroid dienone is 2. The van der Waals surface area contributed by atoms with Crippen LogP contribution < -0.4 is 42.4 Å². The minimum atomic E-state index is -0.373. The van der Waals surface area contributed by atoms with Crippen LogP contribution in [0, 0.1) is 0 Å². The third-order valence-electron chi connectivity index (χ3n) is 3.77. The molecule has 0 aromatic heterocycles. The molecular formula is C15H23I3O4-2. The zero-order chi connectivity index (χ0) is 15.4. The second-order valence-electron chi connectivity index (χ2n) is 5.75. The van der Waals surface area contributed by atoms with Gasteiger partial charge in [-0.05, 0) is 0 Å². The predicted molar refractivity (Wildman–Crippen MR) is 84.4 cm³/mol. The molecule has 2 saturated heterocycles. The second-order valence-corrected chi connectivity index (χ2v) is 14.5. The van der Waals surface area contributed by atoms with Crippen LogP contribution in [0.25, 0.3) is 0 Å². The van der Waals surface area contributed by atoms with Crippen LogP contribution in [-0.2, 0) is 18.9 Å². The van der Waals surface area contributed by atoms with Crippen LogP contribution >= 0.6 is 22.6 Å². The zero-order valence-electron chi connectivity index (χ0n) is 12.7. The van der Waals surface area contributed by atoms with Gasteiger partial charge in [-0.1, -0.05) is 0 Å². The molecule has 0 amide bonds. The van der Waals surface area contributed by atoms with Crippen LogP contribution in [0.2, 0.25) is 0 Å². The van der Waals surface area contributed by atoms with Crippen molar-refractivity contribution in [1.29, 1.82) is 0 Å². The Morgan fingerprint density at radius 1 is 0.955 bits per heavy atom. The van der Waals surface area contributed by atoms with Crippen molar-refractivity contribution in [2.24, 2.45) is 0 Å². The number of alkyl halides is 5. The van der Waals surface area contributed by atoms with Crippen LogP contribution in [0.1, 0.15) is 26.2 Å². The fraction of sp³-hybridized carbons (Fsp3) is 0.867. The van der Waals surface area contributed by atoms with Gasteiger partial charge >= 0.3 is 169 Å². The zero-order valence-corrected chi connectivity index (χ0v) is 19.2. The molecule has 0 N–H and O–H groups in total. The number of ether oxygens (including phenoxy) is 4. The van der Waals surface area contributed by atoms with Gasteiger partial charge in [0.05, 0.1) is 0 Å². The van der Waals surface area contributed by atoms with Gasteiger partial charge in [0.2, 0.25) is 0 Å². The first kappa shape index (κ1) is 18.6. The number of rotatable bonds is 4. The van der Waals surface area contributed by atoms with E-state index in [2.05, 4.69) is 35.6 Å². The van der Waals surface area contributed by atoms with Crippen LogP contribution in [0.3, 0.4) is 0 Å². The van der Waals surface area contributed by atoms with E-state index in [9.17, 15) is 0 Å². The molecule has 3 rings (SSSR count). The average Bonchev–Trinajstić information content (AvgIpc) is 2.54. The van der Waals surface area contributed by atoms with Crippen molar-refractivity contribution in [3.8, 4) is 0 Å². The molecule has 0 aromatic rings. The summed E-state index contributed by atoms with van der Waals surface area (Å²) in [4.78, 5) is 0. The molecule has 7 heteroatoms. The molecule has 1 atom stereocenters. The van der Waals surface area contributed by atoms with E-state index in [1.165, 1.54) is 19.3 Å². The summed E-state index contributed by atoms with van der Waals surface area (Å²) < 4.78 is 25.3. The van der Waals surface area contributed by atoms with E-state index in [0.29, 0.717) is 7.85 Å². The molecule has 130 valence electrons. The van der Waals surface area contributed by atoms with E-state index in [1.807, 2.05) is 0 Å². The Kier molecular flexibility index (Phi) is 7.98. The summed E-state index contributed by atoms with van der Waals surface area (Å²) in [5.74, 6) is 0. The Labute approximate surface area is 167 Å². The van der Waals surface area contributed by atoms with Gasteiger partial charge < -0.3 is 0 Å². The Hall–Kier alpha value is 1.77. The van der Waals surface area contributed by atoms with Crippen LogP contribution in [0.5, 0.6) is 0 Å². The SMILES string of the molecule is CC1=CCC([I-]C2COC([I-]C3OCC(I)CO3)OC2)CC1. The monoisotopic (exact) mass is 648 g/mol. The predicted octanol–water partition coefficient (Wildman–Crippen LogP) is -3.50. The maximum atomic E-state index is 5.96. The van der Waals surface area contributed by atoms with Gasteiger partial charge in [0, 0.05) is 0 Å². The molecule has 4 nitrogen and oxygen atoms in total. The first-order valence-corrected chi connectivity index (χ1v) is 13.9. The van der Waals surface area contributed by atoms with Gasteiger partial charge in [-0.2, -0.15) is 0 Å².